The number of carbonyl (C=O) groups is 1. The summed E-state index contributed by atoms with van der Waals surface area (Å²) < 4.78 is 41.1. The molecule has 0 aliphatic carbocycles. The number of alkyl halides is 2. The number of aliphatic imine (C=N–C) groups is 2. The molecule has 0 bridgehead atoms. The number of hydrogen-bond acceptors (Lipinski definition) is 4. The Bertz CT molecular complexity index is 933. The highest BCUT2D eigenvalue weighted by atomic mass is 31.0. The minimum Gasteiger partial charge on any atom is -0.345 e. The third-order valence-electron chi connectivity index (χ3n) is 3.92. The van der Waals surface area contributed by atoms with Crippen LogP contribution in [0, 0.1) is 5.82 Å². The van der Waals surface area contributed by atoms with Crippen LogP contribution < -0.4 is 5.32 Å². The van der Waals surface area contributed by atoms with Crippen molar-refractivity contribution in [2.75, 3.05) is 13.1 Å². The smallest absolute Gasteiger partial charge is 0.302 e. The average molecular weight is 395 g/mol. The van der Waals surface area contributed by atoms with Crippen molar-refractivity contribution in [1.82, 2.24) is 15.1 Å². The lowest BCUT2D eigenvalue weighted by Gasteiger charge is -2.13. The number of halogens is 3. The summed E-state index contributed by atoms with van der Waals surface area (Å²) in [4.78, 5) is 20.9. The van der Waals surface area contributed by atoms with E-state index in [0.717, 1.165) is 10.7 Å². The van der Waals surface area contributed by atoms with E-state index in [-0.39, 0.29) is 18.1 Å². The lowest BCUT2D eigenvalue weighted by molar-refractivity contribution is 0.0949. The van der Waals surface area contributed by atoms with Gasteiger partial charge in [0.25, 0.3) is 5.91 Å². The van der Waals surface area contributed by atoms with Crippen LogP contribution in [-0.2, 0) is 12.7 Å². The number of amidine groups is 1. The number of aryl methyl sites for hydroxylation is 1. The van der Waals surface area contributed by atoms with Crippen LogP contribution in [0.4, 0.5) is 13.2 Å². The number of nitrogens with zero attached hydrogens (tertiary/aromatic N) is 4. The van der Waals surface area contributed by atoms with Gasteiger partial charge in [-0.1, -0.05) is 21.4 Å². The maximum absolute atomic E-state index is 13.4. The first-order chi connectivity index (χ1) is 12.7. The first-order valence-electron chi connectivity index (χ1n) is 8.10. The number of nitrogens with one attached hydrogen (secondary N) is 1. The van der Waals surface area contributed by atoms with Crippen molar-refractivity contribution in [2.24, 2.45) is 17.0 Å². The Kier molecular flexibility index (Phi) is 5.41. The number of amides is 1. The van der Waals surface area contributed by atoms with Crippen LogP contribution in [0.3, 0.4) is 0 Å². The highest BCUT2D eigenvalue weighted by Crippen LogP contribution is 2.33. The van der Waals surface area contributed by atoms with Crippen LogP contribution >= 0.6 is 9.24 Å². The summed E-state index contributed by atoms with van der Waals surface area (Å²) in [6.07, 6.45) is 0.541. The first-order valence-corrected chi connectivity index (χ1v) is 8.68. The van der Waals surface area contributed by atoms with Crippen molar-refractivity contribution in [3.8, 4) is 0 Å². The molecule has 27 heavy (non-hydrogen) atoms. The van der Waals surface area contributed by atoms with Gasteiger partial charge in [-0.2, -0.15) is 13.9 Å². The molecule has 0 saturated carbocycles. The molecule has 6 nitrogen and oxygen atoms in total. The van der Waals surface area contributed by atoms with Gasteiger partial charge in [0.2, 0.25) is 0 Å². The highest BCUT2D eigenvalue weighted by molar-refractivity contribution is 7.17. The predicted octanol–water partition coefficient (Wildman–Crippen LogP) is 2.50. The van der Waals surface area contributed by atoms with E-state index in [1.54, 1.807) is 12.1 Å². The first kappa shape index (κ1) is 19.2. The second-order valence-electron chi connectivity index (χ2n) is 5.99. The van der Waals surface area contributed by atoms with Crippen LogP contribution in [0.2, 0.25) is 0 Å². The standard InChI is InChI=1S/C17H17F3N5OP/c1-25-13(8-14(24-25)17(19,20)27)16(26)22-9-12-5-6-21-15(23-12)10-3-2-4-11(18)7-10/h2-4,7-8H,5-6,9,27H2,1H3,(H,22,26). The zero-order chi connectivity index (χ0) is 19.6. The second-order valence-corrected chi connectivity index (χ2v) is 6.71. The third kappa shape index (κ3) is 4.60. The van der Waals surface area contributed by atoms with E-state index in [1.807, 2.05) is 0 Å². The molecule has 2 aromatic rings. The lowest BCUT2D eigenvalue weighted by Crippen LogP contribution is -2.32. The number of carbonyl (C=O) groups excluding carboxylic acids is 1. The van der Waals surface area contributed by atoms with Crippen LogP contribution in [0.5, 0.6) is 0 Å². The van der Waals surface area contributed by atoms with E-state index >= 15 is 0 Å². The van der Waals surface area contributed by atoms with Gasteiger partial charge in [0.1, 0.15) is 17.2 Å². The molecular formula is C17H17F3N5OP. The minimum atomic E-state index is -3.21. The largest absolute Gasteiger partial charge is 0.345 e. The fourth-order valence-electron chi connectivity index (χ4n) is 2.56. The summed E-state index contributed by atoms with van der Waals surface area (Å²) >= 11 is 0. The minimum absolute atomic E-state index is 0.0163. The topological polar surface area (TPSA) is 71.6 Å². The summed E-state index contributed by atoms with van der Waals surface area (Å²) in [5.74, 6) is -0.526. The molecule has 1 N–H and O–H groups in total. The van der Waals surface area contributed by atoms with Gasteiger partial charge < -0.3 is 5.32 Å². The SMILES string of the molecule is Cn1nc(C(F)(F)P)cc1C(=O)NCC1=NC(c2cccc(F)c2)=NCC1. The van der Waals surface area contributed by atoms with Gasteiger partial charge in [0, 0.05) is 31.3 Å². The maximum atomic E-state index is 13.4. The van der Waals surface area contributed by atoms with Crippen LogP contribution in [0.25, 0.3) is 0 Å². The molecule has 1 aromatic carbocycles. The molecule has 1 atom stereocenters. The molecule has 0 saturated heterocycles. The van der Waals surface area contributed by atoms with Crippen LogP contribution in [-0.4, -0.2) is 40.3 Å². The van der Waals surface area contributed by atoms with E-state index in [4.69, 9.17) is 0 Å². The van der Waals surface area contributed by atoms with Gasteiger partial charge in [-0.3, -0.25) is 14.5 Å². The van der Waals surface area contributed by atoms with Crippen molar-refractivity contribution < 1.29 is 18.0 Å². The molecule has 1 amide bonds. The molecular weight excluding hydrogens is 378 g/mol. The molecule has 1 aromatic heterocycles. The van der Waals surface area contributed by atoms with Gasteiger partial charge >= 0.3 is 5.66 Å². The zero-order valence-electron chi connectivity index (χ0n) is 14.4. The van der Waals surface area contributed by atoms with Crippen molar-refractivity contribution in [2.45, 2.75) is 12.1 Å². The van der Waals surface area contributed by atoms with Gasteiger partial charge in [-0.25, -0.2) is 9.38 Å². The monoisotopic (exact) mass is 395 g/mol. The van der Waals surface area contributed by atoms with Crippen molar-refractivity contribution in [1.29, 1.82) is 0 Å². The van der Waals surface area contributed by atoms with E-state index in [1.165, 1.54) is 28.4 Å². The maximum Gasteiger partial charge on any atom is 0.302 e. The molecule has 0 fully saturated rings. The summed E-state index contributed by atoms with van der Waals surface area (Å²) in [5.41, 5.74) is -2.48. The summed E-state index contributed by atoms with van der Waals surface area (Å²) in [6.45, 7) is 0.598. The van der Waals surface area contributed by atoms with E-state index in [2.05, 4.69) is 20.4 Å². The van der Waals surface area contributed by atoms with Crippen molar-refractivity contribution >= 4 is 26.7 Å². The van der Waals surface area contributed by atoms with E-state index in [0.29, 0.717) is 30.1 Å². The number of rotatable bonds is 5. The molecule has 2 heterocycles. The van der Waals surface area contributed by atoms with Gasteiger partial charge in [0.05, 0.1) is 6.54 Å². The summed E-state index contributed by atoms with van der Waals surface area (Å²) in [7, 11) is 2.81. The van der Waals surface area contributed by atoms with Gasteiger partial charge in [-0.05, 0) is 18.2 Å². The molecule has 1 unspecified atom stereocenters. The van der Waals surface area contributed by atoms with E-state index in [9.17, 15) is 18.0 Å². The highest BCUT2D eigenvalue weighted by Gasteiger charge is 2.30. The van der Waals surface area contributed by atoms with Crippen molar-refractivity contribution in [3.63, 3.8) is 0 Å². The Morgan fingerprint density at radius 3 is 2.81 bits per heavy atom. The summed E-state index contributed by atoms with van der Waals surface area (Å²) in [6, 6.07) is 6.99. The van der Waals surface area contributed by atoms with Crippen LogP contribution in [0.15, 0.2) is 40.3 Å². The molecule has 1 aliphatic rings. The fraction of sp³-hybridized carbons (Fsp3) is 0.294. The lowest BCUT2D eigenvalue weighted by atomic mass is 10.1. The fourth-order valence-corrected chi connectivity index (χ4v) is 2.70. The Balaban J connectivity index is 1.69. The Labute approximate surface area is 155 Å². The molecule has 1 aliphatic heterocycles. The molecule has 0 spiro atoms. The molecule has 3 rings (SSSR count). The molecule has 0 radical (unpaired) electrons. The van der Waals surface area contributed by atoms with E-state index < -0.39 is 17.3 Å². The molecule has 142 valence electrons. The predicted molar refractivity (Wildman–Crippen MR) is 99.0 cm³/mol. The second kappa shape index (κ2) is 7.60. The number of hydrogen-bond donors (Lipinski definition) is 1. The quantitative estimate of drug-likeness (QED) is 0.791. The van der Waals surface area contributed by atoms with Crippen molar-refractivity contribution in [3.05, 3.63) is 53.1 Å². The average Bonchev–Trinajstić information content (AvgIpc) is 3.02. The van der Waals surface area contributed by atoms with Crippen LogP contribution in [0.1, 0.15) is 28.2 Å². The Morgan fingerprint density at radius 2 is 2.15 bits per heavy atom. The molecule has 10 heteroatoms. The number of benzene rings is 1. The number of aromatic nitrogens is 2. The Morgan fingerprint density at radius 1 is 1.37 bits per heavy atom. The van der Waals surface area contributed by atoms with Gasteiger partial charge in [0.15, 0.2) is 5.84 Å². The summed E-state index contributed by atoms with van der Waals surface area (Å²) in [5, 5.41) is 6.30. The third-order valence-corrected chi connectivity index (χ3v) is 4.21. The normalized spacial score (nSPS) is 14.6. The Hall–Kier alpha value is -2.54. The zero-order valence-corrected chi connectivity index (χ0v) is 15.6. The van der Waals surface area contributed by atoms with Gasteiger partial charge in [-0.15, -0.1) is 0 Å².